The number of rotatable bonds is 11. The first kappa shape index (κ1) is 21.3. The molecule has 1 fully saturated rings. The predicted octanol–water partition coefficient (Wildman–Crippen LogP) is 3.75. The number of hydrogen-bond donors (Lipinski definition) is 0. The zero-order valence-corrected chi connectivity index (χ0v) is 18.5. The first-order chi connectivity index (χ1) is 10.8. The van der Waals surface area contributed by atoms with E-state index in [-0.39, 0.29) is 0 Å². The number of likely N-dealkylation sites (tertiary alicyclic amines) is 1. The maximum atomic E-state index is 5.59. The predicted molar refractivity (Wildman–Crippen MR) is 105 cm³/mol. The van der Waals surface area contributed by atoms with Gasteiger partial charge in [-0.1, -0.05) is 32.5 Å². The zero-order valence-electron chi connectivity index (χ0n) is 16.5. The van der Waals surface area contributed by atoms with Crippen LogP contribution in [0.2, 0.25) is 32.2 Å². The van der Waals surface area contributed by atoms with E-state index in [2.05, 4.69) is 35.7 Å². The third kappa shape index (κ3) is 8.27. The molecule has 23 heavy (non-hydrogen) atoms. The van der Waals surface area contributed by atoms with E-state index in [4.69, 9.17) is 8.85 Å². The summed E-state index contributed by atoms with van der Waals surface area (Å²) in [5.74, 6) is 0. The van der Waals surface area contributed by atoms with Gasteiger partial charge in [0.15, 0.2) is 0 Å². The first-order valence-electron chi connectivity index (χ1n) is 9.38. The highest BCUT2D eigenvalue weighted by atomic mass is 28.4. The van der Waals surface area contributed by atoms with Gasteiger partial charge in [-0.25, -0.2) is 0 Å². The zero-order chi connectivity index (χ0) is 17.3. The maximum absolute atomic E-state index is 5.59. The van der Waals surface area contributed by atoms with E-state index in [1.165, 1.54) is 64.8 Å². The van der Waals surface area contributed by atoms with Crippen LogP contribution in [0.25, 0.3) is 0 Å². The lowest BCUT2D eigenvalue weighted by Gasteiger charge is -2.37. The summed E-state index contributed by atoms with van der Waals surface area (Å²) in [6.45, 7) is 16.0. The molecule has 0 saturated carbocycles. The molecule has 4 nitrogen and oxygen atoms in total. The molecule has 1 aliphatic heterocycles. The van der Waals surface area contributed by atoms with Gasteiger partial charge in [0.05, 0.1) is 0 Å². The Morgan fingerprint density at radius 2 is 1.48 bits per heavy atom. The molecule has 0 N–H and O–H groups in total. The Bertz CT molecular complexity index is 314. The second kappa shape index (κ2) is 10.3. The van der Waals surface area contributed by atoms with Crippen molar-refractivity contribution in [1.82, 2.24) is 9.47 Å². The lowest BCUT2D eigenvalue weighted by atomic mass is 10.1. The minimum Gasteiger partial charge on any atom is -0.398 e. The van der Waals surface area contributed by atoms with Crippen LogP contribution in [-0.4, -0.2) is 73.2 Å². The van der Waals surface area contributed by atoms with E-state index in [0.717, 1.165) is 6.04 Å². The third-order valence-corrected chi connectivity index (χ3v) is 10.6. The van der Waals surface area contributed by atoms with Gasteiger partial charge in [-0.3, -0.25) is 0 Å². The molecule has 0 atom stereocenters. The molecule has 0 aromatic rings. The average Bonchev–Trinajstić information content (AvgIpc) is 2.53. The molecule has 1 aliphatic rings. The van der Waals surface area contributed by atoms with Gasteiger partial charge in [-0.05, 0) is 51.5 Å². The lowest BCUT2D eigenvalue weighted by Crippen LogP contribution is -2.50. The summed E-state index contributed by atoms with van der Waals surface area (Å²) in [4.78, 5) is 2.66. The van der Waals surface area contributed by atoms with Crippen LogP contribution in [0.1, 0.15) is 32.1 Å². The smallest absolute Gasteiger partial charge is 0.334 e. The Balaban J connectivity index is 2.34. The van der Waals surface area contributed by atoms with Crippen molar-refractivity contribution in [3.05, 3.63) is 0 Å². The van der Waals surface area contributed by atoms with Crippen LogP contribution in [0.5, 0.6) is 0 Å². The standard InChI is InChI=1S/C17H40N2O2Si2/c1-20-23(6,21-2)17-11-10-14-19(22(3,4)5)16-15-18-12-8-7-9-13-18/h7-17H2,1-6H3. The van der Waals surface area contributed by atoms with Crippen LogP contribution < -0.4 is 0 Å². The molecular weight excluding hydrogens is 320 g/mol. The van der Waals surface area contributed by atoms with Crippen molar-refractivity contribution in [3.63, 3.8) is 0 Å². The van der Waals surface area contributed by atoms with Gasteiger partial charge >= 0.3 is 8.56 Å². The summed E-state index contributed by atoms with van der Waals surface area (Å²) in [5, 5.41) is 0. The minimum absolute atomic E-state index is 1.10. The highest BCUT2D eigenvalue weighted by Crippen LogP contribution is 2.17. The van der Waals surface area contributed by atoms with Gasteiger partial charge in [-0.2, -0.15) is 0 Å². The number of piperidine rings is 1. The molecule has 0 unspecified atom stereocenters. The molecule has 138 valence electrons. The number of unbranched alkanes of at least 4 members (excludes halogenated alkanes) is 1. The molecule has 0 aromatic heterocycles. The Morgan fingerprint density at radius 1 is 0.870 bits per heavy atom. The van der Waals surface area contributed by atoms with E-state index < -0.39 is 16.8 Å². The van der Waals surface area contributed by atoms with Crippen LogP contribution in [0.3, 0.4) is 0 Å². The van der Waals surface area contributed by atoms with Crippen LogP contribution in [0.15, 0.2) is 0 Å². The van der Waals surface area contributed by atoms with Crippen molar-refractivity contribution in [2.75, 3.05) is 46.9 Å². The summed E-state index contributed by atoms with van der Waals surface area (Å²) in [6, 6.07) is 1.10. The van der Waals surface area contributed by atoms with Crippen molar-refractivity contribution >= 4 is 16.8 Å². The average molecular weight is 361 g/mol. The summed E-state index contributed by atoms with van der Waals surface area (Å²) >= 11 is 0. The monoisotopic (exact) mass is 360 g/mol. The van der Waals surface area contributed by atoms with Crippen LogP contribution in [0.4, 0.5) is 0 Å². The molecule has 1 saturated heterocycles. The Labute approximate surface area is 146 Å². The molecule has 0 amide bonds. The Kier molecular flexibility index (Phi) is 9.55. The quantitative estimate of drug-likeness (QED) is 0.414. The topological polar surface area (TPSA) is 24.9 Å². The number of hydrogen-bond acceptors (Lipinski definition) is 4. The third-order valence-electron chi connectivity index (χ3n) is 5.26. The molecule has 6 heteroatoms. The summed E-state index contributed by atoms with van der Waals surface area (Å²) < 4.78 is 14.0. The summed E-state index contributed by atoms with van der Waals surface area (Å²) in [7, 11) is 0.485. The van der Waals surface area contributed by atoms with Crippen molar-refractivity contribution < 1.29 is 8.85 Å². The van der Waals surface area contributed by atoms with E-state index in [1.54, 1.807) is 14.2 Å². The van der Waals surface area contributed by atoms with Crippen LogP contribution >= 0.6 is 0 Å². The van der Waals surface area contributed by atoms with Gasteiger partial charge in [0, 0.05) is 27.3 Å². The maximum Gasteiger partial charge on any atom is 0.334 e. The van der Waals surface area contributed by atoms with Gasteiger partial charge in [0.1, 0.15) is 8.24 Å². The molecule has 0 spiro atoms. The van der Waals surface area contributed by atoms with E-state index in [9.17, 15) is 0 Å². The first-order valence-corrected chi connectivity index (χ1v) is 15.4. The molecule has 0 radical (unpaired) electrons. The minimum atomic E-state index is -1.88. The van der Waals surface area contributed by atoms with Gasteiger partial charge in [0.25, 0.3) is 0 Å². The second-order valence-corrected chi connectivity index (χ2v) is 16.6. The van der Waals surface area contributed by atoms with Gasteiger partial charge < -0.3 is 18.3 Å². The molecule has 1 rings (SSSR count). The fourth-order valence-electron chi connectivity index (χ4n) is 3.26. The normalized spacial score (nSPS) is 17.9. The molecule has 0 aromatic carbocycles. The van der Waals surface area contributed by atoms with Crippen LogP contribution in [0, 0.1) is 0 Å². The highest BCUT2D eigenvalue weighted by molar-refractivity contribution is 6.73. The molecule has 0 aliphatic carbocycles. The van der Waals surface area contributed by atoms with Crippen molar-refractivity contribution in [3.8, 4) is 0 Å². The van der Waals surface area contributed by atoms with Crippen molar-refractivity contribution in [1.29, 1.82) is 0 Å². The van der Waals surface area contributed by atoms with Gasteiger partial charge in [-0.15, -0.1) is 0 Å². The van der Waals surface area contributed by atoms with Crippen molar-refractivity contribution in [2.24, 2.45) is 0 Å². The van der Waals surface area contributed by atoms with E-state index in [0.29, 0.717) is 0 Å². The van der Waals surface area contributed by atoms with E-state index in [1.807, 2.05) is 0 Å². The Morgan fingerprint density at radius 3 is 2.00 bits per heavy atom. The fraction of sp³-hybridized carbons (Fsp3) is 1.00. The summed E-state index contributed by atoms with van der Waals surface area (Å²) in [5.41, 5.74) is 0. The van der Waals surface area contributed by atoms with Crippen LogP contribution in [-0.2, 0) is 8.85 Å². The largest absolute Gasteiger partial charge is 0.398 e. The second-order valence-electron chi connectivity index (χ2n) is 8.06. The number of nitrogens with zero attached hydrogens (tertiary/aromatic N) is 2. The molecule has 0 bridgehead atoms. The molecular formula is C17H40N2O2Si2. The lowest BCUT2D eigenvalue weighted by molar-refractivity contribution is 0.210. The summed E-state index contributed by atoms with van der Waals surface area (Å²) in [6.07, 6.45) is 6.69. The highest BCUT2D eigenvalue weighted by Gasteiger charge is 2.28. The SMILES string of the molecule is CO[Si](C)(CCCCN(CCN1CCCCC1)[Si](C)(C)C)OC. The van der Waals surface area contributed by atoms with Crippen molar-refractivity contribution in [2.45, 2.75) is 64.3 Å². The Hall–Kier alpha value is 0.274. The fourth-order valence-corrected chi connectivity index (χ4v) is 6.33. The van der Waals surface area contributed by atoms with E-state index >= 15 is 0 Å². The molecule has 1 heterocycles. The van der Waals surface area contributed by atoms with Gasteiger partial charge in [0.2, 0.25) is 0 Å².